The van der Waals surface area contributed by atoms with Crippen LogP contribution in [0.2, 0.25) is 0 Å². The van der Waals surface area contributed by atoms with Crippen molar-refractivity contribution in [1.29, 1.82) is 0 Å². The molecule has 1 fully saturated rings. The lowest BCUT2D eigenvalue weighted by Gasteiger charge is -2.20. The molecule has 2 N–H and O–H groups in total. The Labute approximate surface area is 150 Å². The van der Waals surface area contributed by atoms with E-state index >= 15 is 0 Å². The molecule has 3 rings (SSSR count). The predicted octanol–water partition coefficient (Wildman–Crippen LogP) is 2.94. The molecule has 25 heavy (non-hydrogen) atoms. The Hall–Kier alpha value is -2.04. The number of fused-ring (bicyclic) bond motifs is 1. The quantitative estimate of drug-likeness (QED) is 0.863. The zero-order valence-corrected chi connectivity index (χ0v) is 15.1. The van der Waals surface area contributed by atoms with Gasteiger partial charge in [-0.05, 0) is 62.1 Å². The van der Waals surface area contributed by atoms with Gasteiger partial charge in [0.2, 0.25) is 5.91 Å². The summed E-state index contributed by atoms with van der Waals surface area (Å²) in [6.07, 6.45) is 7.41. The molecule has 1 atom stereocenters. The van der Waals surface area contributed by atoms with Gasteiger partial charge in [-0.25, -0.2) is 4.79 Å². The molecule has 3 amide bonds. The van der Waals surface area contributed by atoms with Crippen molar-refractivity contribution >= 4 is 11.9 Å². The van der Waals surface area contributed by atoms with Crippen molar-refractivity contribution in [3.05, 3.63) is 34.9 Å². The number of carbonyl (C=O) groups excluding carboxylic acids is 2. The Kier molecular flexibility index (Phi) is 5.95. The molecule has 1 aliphatic carbocycles. The van der Waals surface area contributed by atoms with Gasteiger partial charge in [0.1, 0.15) is 0 Å². The van der Waals surface area contributed by atoms with Crippen LogP contribution < -0.4 is 10.6 Å². The van der Waals surface area contributed by atoms with Crippen molar-refractivity contribution in [2.45, 2.75) is 57.9 Å². The van der Waals surface area contributed by atoms with Gasteiger partial charge in [-0.1, -0.05) is 18.2 Å². The van der Waals surface area contributed by atoms with Crippen LogP contribution in [0.3, 0.4) is 0 Å². The molecule has 136 valence electrons. The van der Waals surface area contributed by atoms with Crippen molar-refractivity contribution in [2.24, 2.45) is 0 Å². The molecule has 0 saturated carbocycles. The number of amides is 3. The van der Waals surface area contributed by atoms with Crippen LogP contribution in [0.1, 0.15) is 61.8 Å². The lowest BCUT2D eigenvalue weighted by molar-refractivity contribution is -0.129. The van der Waals surface area contributed by atoms with Gasteiger partial charge in [-0.15, -0.1) is 0 Å². The summed E-state index contributed by atoms with van der Waals surface area (Å²) in [7, 11) is 0. The van der Waals surface area contributed by atoms with Crippen LogP contribution in [0.25, 0.3) is 0 Å². The third kappa shape index (κ3) is 4.74. The average molecular weight is 343 g/mol. The van der Waals surface area contributed by atoms with Crippen LogP contribution in [-0.4, -0.2) is 36.5 Å². The van der Waals surface area contributed by atoms with Crippen molar-refractivity contribution in [3.8, 4) is 0 Å². The average Bonchev–Trinajstić information content (AvgIpc) is 3.16. The number of nitrogens with one attached hydrogen (secondary N) is 2. The summed E-state index contributed by atoms with van der Waals surface area (Å²) < 4.78 is 0. The molecule has 2 aliphatic rings. The summed E-state index contributed by atoms with van der Waals surface area (Å²) in [6.45, 7) is 4.11. The molecule has 1 unspecified atom stereocenters. The second-order valence-electron chi connectivity index (χ2n) is 7.20. The monoisotopic (exact) mass is 343 g/mol. The second kappa shape index (κ2) is 8.37. The number of likely N-dealkylation sites (tertiary alicyclic amines) is 1. The SMILES string of the molecule is CC(NC(=O)NCCC(=O)N1CCCC1)c1ccc2c(c1)CCCC2. The van der Waals surface area contributed by atoms with Gasteiger partial charge in [0.15, 0.2) is 0 Å². The number of nitrogens with zero attached hydrogens (tertiary/aromatic N) is 1. The number of rotatable bonds is 5. The Balaban J connectivity index is 1.43. The van der Waals surface area contributed by atoms with Crippen molar-refractivity contribution < 1.29 is 9.59 Å². The van der Waals surface area contributed by atoms with Gasteiger partial charge in [0.25, 0.3) is 0 Å². The number of hydrogen-bond acceptors (Lipinski definition) is 2. The van der Waals surface area contributed by atoms with Crippen molar-refractivity contribution in [2.75, 3.05) is 19.6 Å². The summed E-state index contributed by atoms with van der Waals surface area (Å²) >= 11 is 0. The maximum absolute atomic E-state index is 12.1. The molecule has 1 saturated heterocycles. The Morgan fingerprint density at radius 1 is 1.08 bits per heavy atom. The van der Waals surface area contributed by atoms with E-state index in [0.29, 0.717) is 13.0 Å². The highest BCUT2D eigenvalue weighted by Gasteiger charge is 2.18. The van der Waals surface area contributed by atoms with E-state index in [4.69, 9.17) is 0 Å². The van der Waals surface area contributed by atoms with E-state index in [2.05, 4.69) is 28.8 Å². The number of carbonyl (C=O) groups is 2. The lowest BCUT2D eigenvalue weighted by Crippen LogP contribution is -2.39. The highest BCUT2D eigenvalue weighted by atomic mass is 16.2. The van der Waals surface area contributed by atoms with Crippen LogP contribution in [0, 0.1) is 0 Å². The van der Waals surface area contributed by atoms with E-state index in [-0.39, 0.29) is 18.0 Å². The van der Waals surface area contributed by atoms with E-state index < -0.39 is 0 Å². The fourth-order valence-electron chi connectivity index (χ4n) is 3.76. The Morgan fingerprint density at radius 2 is 1.80 bits per heavy atom. The van der Waals surface area contributed by atoms with Crippen molar-refractivity contribution in [3.63, 3.8) is 0 Å². The Bertz CT molecular complexity index is 623. The zero-order chi connectivity index (χ0) is 17.6. The maximum Gasteiger partial charge on any atom is 0.315 e. The number of benzene rings is 1. The smallest absolute Gasteiger partial charge is 0.315 e. The predicted molar refractivity (Wildman–Crippen MR) is 98.5 cm³/mol. The maximum atomic E-state index is 12.1. The van der Waals surface area contributed by atoms with E-state index in [1.807, 2.05) is 11.8 Å². The van der Waals surface area contributed by atoms with E-state index in [1.165, 1.54) is 30.4 Å². The third-order valence-corrected chi connectivity index (χ3v) is 5.30. The van der Waals surface area contributed by atoms with E-state index in [9.17, 15) is 9.59 Å². The summed E-state index contributed by atoms with van der Waals surface area (Å²) in [4.78, 5) is 25.9. The number of urea groups is 1. The normalized spacial score (nSPS) is 17.7. The second-order valence-corrected chi connectivity index (χ2v) is 7.20. The minimum Gasteiger partial charge on any atom is -0.343 e. The molecule has 0 spiro atoms. The first-order chi connectivity index (χ1) is 12.1. The summed E-state index contributed by atoms with van der Waals surface area (Å²) in [5.74, 6) is 0.139. The van der Waals surface area contributed by atoms with Gasteiger partial charge in [-0.2, -0.15) is 0 Å². The topological polar surface area (TPSA) is 61.4 Å². The molecular formula is C20H29N3O2. The Morgan fingerprint density at radius 3 is 2.56 bits per heavy atom. The number of hydrogen-bond donors (Lipinski definition) is 2. The van der Waals surface area contributed by atoms with Crippen LogP contribution >= 0.6 is 0 Å². The standard InChI is InChI=1S/C20H29N3O2/c1-15(17-9-8-16-6-2-3-7-18(16)14-17)22-20(25)21-11-10-19(24)23-12-4-5-13-23/h8-9,14-15H,2-7,10-13H2,1H3,(H2,21,22,25). The van der Waals surface area contributed by atoms with E-state index in [1.54, 1.807) is 0 Å². The van der Waals surface area contributed by atoms with Crippen LogP contribution in [-0.2, 0) is 17.6 Å². The molecule has 0 aromatic heterocycles. The fourth-order valence-corrected chi connectivity index (χ4v) is 3.76. The molecule has 0 bridgehead atoms. The molecule has 0 radical (unpaired) electrons. The van der Waals surface area contributed by atoms with Crippen molar-refractivity contribution in [1.82, 2.24) is 15.5 Å². The number of aryl methyl sites for hydroxylation is 2. The van der Waals surface area contributed by atoms with Crippen LogP contribution in [0.5, 0.6) is 0 Å². The molecule has 1 heterocycles. The third-order valence-electron chi connectivity index (χ3n) is 5.30. The molecule has 5 heteroatoms. The summed E-state index contributed by atoms with van der Waals surface area (Å²) in [6, 6.07) is 6.30. The highest BCUT2D eigenvalue weighted by Crippen LogP contribution is 2.24. The molecule has 1 aromatic rings. The van der Waals surface area contributed by atoms with Crippen LogP contribution in [0.4, 0.5) is 4.79 Å². The first-order valence-electron chi connectivity index (χ1n) is 9.57. The lowest BCUT2D eigenvalue weighted by atomic mass is 9.89. The first-order valence-corrected chi connectivity index (χ1v) is 9.57. The molecule has 1 aromatic carbocycles. The summed E-state index contributed by atoms with van der Waals surface area (Å²) in [5.41, 5.74) is 4.02. The minimum absolute atomic E-state index is 0.0403. The summed E-state index contributed by atoms with van der Waals surface area (Å²) in [5, 5.41) is 5.77. The molecule has 1 aliphatic heterocycles. The molecule has 5 nitrogen and oxygen atoms in total. The van der Waals surface area contributed by atoms with Gasteiger partial charge < -0.3 is 15.5 Å². The zero-order valence-electron chi connectivity index (χ0n) is 15.1. The van der Waals surface area contributed by atoms with Gasteiger partial charge >= 0.3 is 6.03 Å². The fraction of sp³-hybridized carbons (Fsp3) is 0.600. The van der Waals surface area contributed by atoms with Gasteiger partial charge in [0, 0.05) is 26.1 Å². The van der Waals surface area contributed by atoms with Gasteiger partial charge in [-0.3, -0.25) is 4.79 Å². The minimum atomic E-state index is -0.209. The molecular weight excluding hydrogens is 314 g/mol. The van der Waals surface area contributed by atoms with Gasteiger partial charge in [0.05, 0.1) is 6.04 Å². The largest absolute Gasteiger partial charge is 0.343 e. The van der Waals surface area contributed by atoms with E-state index in [0.717, 1.165) is 37.9 Å². The first kappa shape index (κ1) is 17.8. The van der Waals surface area contributed by atoms with Crippen LogP contribution in [0.15, 0.2) is 18.2 Å². The highest BCUT2D eigenvalue weighted by molar-refractivity contribution is 5.78.